The lowest BCUT2D eigenvalue weighted by Crippen LogP contribution is -2.48. The molecule has 0 amide bonds. The molecule has 0 spiro atoms. The van der Waals surface area contributed by atoms with E-state index in [9.17, 15) is 0 Å². The van der Waals surface area contributed by atoms with Crippen LogP contribution in [0.2, 0.25) is 45.3 Å². The van der Waals surface area contributed by atoms with Crippen LogP contribution < -0.4 is 0 Å². The first-order chi connectivity index (χ1) is 6.18. The molecule has 0 aliphatic heterocycles. The molecule has 14 heavy (non-hydrogen) atoms. The molecule has 85 valence electrons. The first kappa shape index (κ1) is 14.9. The molecule has 0 rings (SSSR count). The van der Waals surface area contributed by atoms with Gasteiger partial charge in [0.05, 0.1) is 0 Å². The van der Waals surface area contributed by atoms with E-state index in [2.05, 4.69) is 39.3 Å². The van der Waals surface area contributed by atoms with Crippen molar-refractivity contribution in [2.24, 2.45) is 0 Å². The molecule has 0 aromatic heterocycles. The van der Waals surface area contributed by atoms with E-state index < -0.39 is 25.9 Å². The normalized spacial score (nSPS) is 13.7. The minimum atomic E-state index is -1.89. The Labute approximate surface area is 97.1 Å². The van der Waals surface area contributed by atoms with E-state index in [1.54, 1.807) is 0 Å². The average Bonchev–Trinajstić information content (AvgIpc) is 1.78. The van der Waals surface area contributed by atoms with E-state index in [1.807, 2.05) is 0 Å². The Morgan fingerprint density at radius 2 is 1.64 bits per heavy atom. The zero-order valence-corrected chi connectivity index (χ0v) is 13.9. The van der Waals surface area contributed by atoms with E-state index in [4.69, 9.17) is 19.8 Å². The molecule has 0 aliphatic rings. The lowest BCUT2D eigenvalue weighted by molar-refractivity contribution is 0.402. The number of hydrogen-bond acceptors (Lipinski definition) is 2. The molecule has 0 heterocycles. The Hall–Kier alpha value is 0.861. The fourth-order valence-electron chi connectivity index (χ4n) is 1.46. The number of halogens is 1. The van der Waals surface area contributed by atoms with Crippen LogP contribution in [0, 0.1) is 0 Å². The second-order valence-electron chi connectivity index (χ2n) is 4.71. The third-order valence-electron chi connectivity index (χ3n) is 1.67. The van der Waals surface area contributed by atoms with Gasteiger partial charge in [-0.15, -0.1) is 11.6 Å². The molecule has 0 aromatic rings. The maximum absolute atomic E-state index is 6.17. The summed E-state index contributed by atoms with van der Waals surface area (Å²) in [6.45, 7) is 13.0. The van der Waals surface area contributed by atoms with E-state index in [0.717, 1.165) is 6.04 Å². The molecule has 0 atom stereocenters. The summed E-state index contributed by atoms with van der Waals surface area (Å²) in [7, 11) is -4.13. The quantitative estimate of drug-likeness (QED) is 0.543. The van der Waals surface area contributed by atoms with E-state index in [0.29, 0.717) is 5.88 Å². The van der Waals surface area contributed by atoms with Crippen molar-refractivity contribution in [3.8, 4) is 0 Å². The smallest absolute Gasteiger partial charge is 0.311 e. The van der Waals surface area contributed by atoms with Crippen LogP contribution in [0.5, 0.6) is 0 Å². The molecule has 0 saturated carbocycles. The molecule has 2 nitrogen and oxygen atoms in total. The lowest BCUT2D eigenvalue weighted by Gasteiger charge is -2.34. The van der Waals surface area contributed by atoms with Crippen LogP contribution in [-0.4, -0.2) is 31.8 Å². The van der Waals surface area contributed by atoms with Crippen molar-refractivity contribution < 1.29 is 8.23 Å². The van der Waals surface area contributed by atoms with Crippen LogP contribution in [-0.2, 0) is 8.23 Å². The van der Waals surface area contributed by atoms with E-state index >= 15 is 0 Å². The van der Waals surface area contributed by atoms with Crippen molar-refractivity contribution in [1.82, 2.24) is 0 Å². The maximum atomic E-state index is 6.17. The highest BCUT2D eigenvalue weighted by molar-refractivity contribution is 6.84. The van der Waals surface area contributed by atoms with E-state index in [-0.39, 0.29) is 0 Å². The van der Waals surface area contributed by atoms with Gasteiger partial charge in [0.1, 0.15) is 0 Å². The minimum absolute atomic E-state index is 0.652. The summed E-state index contributed by atoms with van der Waals surface area (Å²) in [4.78, 5) is 0. The van der Waals surface area contributed by atoms with Gasteiger partial charge in [-0.2, -0.15) is 0 Å². The van der Waals surface area contributed by atoms with Crippen LogP contribution >= 0.6 is 11.6 Å². The first-order valence-corrected chi connectivity index (χ1v) is 13.8. The lowest BCUT2D eigenvalue weighted by atomic mass is 11.0. The fourth-order valence-corrected chi connectivity index (χ4v) is 13.5. The SMILES string of the molecule is C[Si](C)O[Si](C)(C)O[Si](C)(C)CCCl. The van der Waals surface area contributed by atoms with Gasteiger partial charge in [-0.1, -0.05) is 0 Å². The second-order valence-corrected chi connectivity index (χ2v) is 15.4. The van der Waals surface area contributed by atoms with Crippen LogP contribution in [0.4, 0.5) is 0 Å². The van der Waals surface area contributed by atoms with Crippen LogP contribution in [0.3, 0.4) is 0 Å². The molecule has 0 bridgehead atoms. The van der Waals surface area contributed by atoms with Gasteiger partial charge in [0.15, 0.2) is 17.4 Å². The first-order valence-electron chi connectivity index (χ1n) is 4.94. The third kappa shape index (κ3) is 7.19. The molecule has 0 saturated heterocycles. The molecular weight excluding hydrogens is 248 g/mol. The van der Waals surface area contributed by atoms with Crippen molar-refractivity contribution in [2.75, 3.05) is 5.88 Å². The Morgan fingerprint density at radius 3 is 2.00 bits per heavy atom. The van der Waals surface area contributed by atoms with Gasteiger partial charge in [-0.25, -0.2) is 0 Å². The summed E-state index contributed by atoms with van der Waals surface area (Å²) < 4.78 is 12.1. The Balaban J connectivity index is 4.19. The second kappa shape index (κ2) is 5.81. The van der Waals surface area contributed by atoms with Crippen molar-refractivity contribution in [2.45, 2.75) is 45.3 Å². The summed E-state index contributed by atoms with van der Waals surface area (Å²) in [5, 5.41) is 0. The standard InChI is InChI=1S/C8H22ClO2Si3/c1-12(2)10-14(5,6)11-13(3,4)8-7-9/h7-8H2,1-6H3. The third-order valence-corrected chi connectivity index (χ3v) is 11.4. The van der Waals surface area contributed by atoms with Crippen molar-refractivity contribution in [3.05, 3.63) is 0 Å². The molecule has 1 radical (unpaired) electrons. The monoisotopic (exact) mass is 269 g/mol. The van der Waals surface area contributed by atoms with Gasteiger partial charge in [0, 0.05) is 5.88 Å². The van der Waals surface area contributed by atoms with Crippen molar-refractivity contribution in [1.29, 1.82) is 0 Å². The number of hydrogen-bond donors (Lipinski definition) is 0. The minimum Gasteiger partial charge on any atom is -0.437 e. The molecule has 0 fully saturated rings. The van der Waals surface area contributed by atoms with Gasteiger partial charge in [-0.05, 0) is 45.3 Å². The molecular formula is C8H22ClO2Si3. The highest BCUT2D eigenvalue weighted by Gasteiger charge is 2.34. The molecule has 0 aromatic carbocycles. The van der Waals surface area contributed by atoms with Crippen molar-refractivity contribution in [3.63, 3.8) is 0 Å². The zero-order chi connectivity index (χ0) is 11.4. The summed E-state index contributed by atoms with van der Waals surface area (Å²) in [6, 6.07) is 1.00. The summed E-state index contributed by atoms with van der Waals surface area (Å²) in [5.41, 5.74) is 0. The van der Waals surface area contributed by atoms with Crippen LogP contribution in [0.25, 0.3) is 0 Å². The average molecular weight is 270 g/mol. The predicted molar refractivity (Wildman–Crippen MR) is 70.1 cm³/mol. The maximum Gasteiger partial charge on any atom is 0.311 e. The fraction of sp³-hybridized carbons (Fsp3) is 1.00. The number of alkyl halides is 1. The van der Waals surface area contributed by atoms with E-state index in [1.165, 1.54) is 0 Å². The van der Waals surface area contributed by atoms with Gasteiger partial charge in [0.2, 0.25) is 0 Å². The van der Waals surface area contributed by atoms with Crippen LogP contribution in [0.1, 0.15) is 0 Å². The molecule has 6 heteroatoms. The number of rotatable bonds is 6. The van der Waals surface area contributed by atoms with Crippen LogP contribution in [0.15, 0.2) is 0 Å². The van der Waals surface area contributed by atoms with Crippen molar-refractivity contribution >= 4 is 37.5 Å². The zero-order valence-electron chi connectivity index (χ0n) is 10.1. The highest BCUT2D eigenvalue weighted by atomic mass is 35.5. The summed E-state index contributed by atoms with van der Waals surface area (Å²) in [6.07, 6.45) is 0. The Kier molecular flexibility index (Phi) is 6.17. The Bertz CT molecular complexity index is 174. The topological polar surface area (TPSA) is 18.5 Å². The summed E-state index contributed by atoms with van der Waals surface area (Å²) >= 11 is 5.76. The van der Waals surface area contributed by atoms with Gasteiger partial charge >= 0.3 is 8.56 Å². The predicted octanol–water partition coefficient (Wildman–Crippen LogP) is 3.42. The molecule has 0 unspecified atom stereocenters. The van der Waals surface area contributed by atoms with Gasteiger partial charge in [-0.3, -0.25) is 0 Å². The highest BCUT2D eigenvalue weighted by Crippen LogP contribution is 2.20. The van der Waals surface area contributed by atoms with Gasteiger partial charge in [0.25, 0.3) is 0 Å². The van der Waals surface area contributed by atoms with Gasteiger partial charge < -0.3 is 8.23 Å². The Morgan fingerprint density at radius 1 is 1.14 bits per heavy atom. The largest absolute Gasteiger partial charge is 0.437 e. The summed E-state index contributed by atoms with van der Waals surface area (Å²) in [5.74, 6) is 0.694. The molecule has 0 N–H and O–H groups in total. The molecule has 0 aliphatic carbocycles.